The summed E-state index contributed by atoms with van der Waals surface area (Å²) in [5.74, 6) is -1.24. The molecule has 1 aromatic carbocycles. The maximum absolute atomic E-state index is 12.4. The van der Waals surface area contributed by atoms with Crippen molar-refractivity contribution < 1.29 is 19.1 Å². The van der Waals surface area contributed by atoms with Crippen molar-refractivity contribution in [3.8, 4) is 0 Å². The van der Waals surface area contributed by atoms with Crippen molar-refractivity contribution in [2.24, 2.45) is 0 Å². The third-order valence-electron chi connectivity index (χ3n) is 2.96. The topological polar surface area (TPSA) is 63.7 Å². The molecule has 0 atom stereocenters. The Morgan fingerprint density at radius 2 is 1.73 bits per heavy atom. The number of ether oxygens (including phenoxy) is 1. The summed E-state index contributed by atoms with van der Waals surface area (Å²) in [5.41, 5.74) is 0.430. The van der Waals surface area contributed by atoms with E-state index in [1.54, 1.807) is 49.8 Å². The number of thiophene rings is 1. The minimum Gasteiger partial charge on any atom is -0.452 e. The number of hydrogen-bond acceptors (Lipinski definition) is 5. The van der Waals surface area contributed by atoms with E-state index < -0.39 is 5.97 Å². The summed E-state index contributed by atoms with van der Waals surface area (Å²) in [7, 11) is 3.15. The molecule has 0 bridgehead atoms. The normalized spacial score (nSPS) is 10.1. The Kier molecular flexibility index (Phi) is 5.06. The van der Waals surface area contributed by atoms with E-state index in [9.17, 15) is 14.4 Å². The van der Waals surface area contributed by atoms with Crippen LogP contribution in [-0.2, 0) is 9.53 Å². The van der Waals surface area contributed by atoms with Gasteiger partial charge in [-0.05, 0) is 17.5 Å². The standard InChI is InChI=1S/C16H15NO4S/c1-17(2)14(18)10-21-16(20)12-7-4-3-6-11(12)15(19)13-8-5-9-22-13/h3-9H,10H2,1-2H3. The molecule has 22 heavy (non-hydrogen) atoms. The average Bonchev–Trinajstić information content (AvgIpc) is 3.05. The number of amides is 1. The van der Waals surface area contributed by atoms with Crippen LogP contribution in [0.4, 0.5) is 0 Å². The van der Waals surface area contributed by atoms with Gasteiger partial charge in [0.25, 0.3) is 5.91 Å². The van der Waals surface area contributed by atoms with Crippen LogP contribution in [0.15, 0.2) is 41.8 Å². The van der Waals surface area contributed by atoms with E-state index >= 15 is 0 Å². The Hall–Kier alpha value is -2.47. The highest BCUT2D eigenvalue weighted by Crippen LogP contribution is 2.19. The van der Waals surface area contributed by atoms with Crippen molar-refractivity contribution in [1.29, 1.82) is 0 Å². The molecule has 0 saturated carbocycles. The number of nitrogens with zero attached hydrogens (tertiary/aromatic N) is 1. The largest absolute Gasteiger partial charge is 0.452 e. The molecule has 1 amide bonds. The molecule has 0 fully saturated rings. The number of ketones is 1. The second kappa shape index (κ2) is 7.00. The summed E-state index contributed by atoms with van der Waals surface area (Å²) in [6.45, 7) is -0.354. The van der Waals surface area contributed by atoms with E-state index in [2.05, 4.69) is 0 Å². The Morgan fingerprint density at radius 3 is 2.32 bits per heavy atom. The van der Waals surface area contributed by atoms with Crippen molar-refractivity contribution >= 4 is 29.0 Å². The van der Waals surface area contributed by atoms with Crippen LogP contribution >= 0.6 is 11.3 Å². The molecule has 0 aliphatic carbocycles. The van der Waals surface area contributed by atoms with Crippen LogP contribution in [0.3, 0.4) is 0 Å². The molecule has 0 aliphatic rings. The molecular formula is C16H15NO4S. The number of carbonyl (C=O) groups is 3. The van der Waals surface area contributed by atoms with Crippen LogP contribution in [0, 0.1) is 0 Å². The summed E-state index contributed by atoms with van der Waals surface area (Å²) < 4.78 is 4.98. The minimum absolute atomic E-state index is 0.160. The van der Waals surface area contributed by atoms with Crippen molar-refractivity contribution in [2.75, 3.05) is 20.7 Å². The van der Waals surface area contributed by atoms with E-state index in [0.717, 1.165) is 0 Å². The highest BCUT2D eigenvalue weighted by atomic mass is 32.1. The molecule has 2 aromatic rings. The molecule has 0 radical (unpaired) electrons. The van der Waals surface area contributed by atoms with Crippen LogP contribution < -0.4 is 0 Å². The lowest BCUT2D eigenvalue weighted by atomic mass is 10.0. The summed E-state index contributed by atoms with van der Waals surface area (Å²) in [6.07, 6.45) is 0. The smallest absolute Gasteiger partial charge is 0.339 e. The SMILES string of the molecule is CN(C)C(=O)COC(=O)c1ccccc1C(=O)c1cccs1. The molecule has 5 nitrogen and oxygen atoms in total. The van der Waals surface area contributed by atoms with Gasteiger partial charge in [-0.2, -0.15) is 0 Å². The van der Waals surface area contributed by atoms with Gasteiger partial charge in [0.2, 0.25) is 5.78 Å². The van der Waals surface area contributed by atoms with E-state index in [1.165, 1.54) is 22.3 Å². The second-order valence-corrected chi connectivity index (χ2v) is 5.66. The molecular weight excluding hydrogens is 302 g/mol. The van der Waals surface area contributed by atoms with Gasteiger partial charge in [-0.15, -0.1) is 11.3 Å². The number of hydrogen-bond donors (Lipinski definition) is 0. The molecule has 0 saturated heterocycles. The maximum atomic E-state index is 12.4. The summed E-state index contributed by atoms with van der Waals surface area (Å²) in [5, 5.41) is 1.80. The van der Waals surface area contributed by atoms with Crippen molar-refractivity contribution in [3.63, 3.8) is 0 Å². The zero-order chi connectivity index (χ0) is 16.1. The number of rotatable bonds is 5. The van der Waals surface area contributed by atoms with Crippen LogP contribution in [0.1, 0.15) is 25.6 Å². The van der Waals surface area contributed by atoms with Gasteiger partial charge in [-0.25, -0.2) is 4.79 Å². The summed E-state index contributed by atoms with van der Waals surface area (Å²) >= 11 is 1.31. The molecule has 1 aromatic heterocycles. The first kappa shape index (κ1) is 15.9. The van der Waals surface area contributed by atoms with Crippen LogP contribution in [0.25, 0.3) is 0 Å². The fraction of sp³-hybridized carbons (Fsp3) is 0.188. The highest BCUT2D eigenvalue weighted by Gasteiger charge is 2.20. The van der Waals surface area contributed by atoms with Gasteiger partial charge in [0.05, 0.1) is 10.4 Å². The Labute approximate surface area is 132 Å². The maximum Gasteiger partial charge on any atom is 0.339 e. The first-order valence-corrected chi connectivity index (χ1v) is 7.43. The lowest BCUT2D eigenvalue weighted by molar-refractivity contribution is -0.131. The molecule has 6 heteroatoms. The summed E-state index contributed by atoms with van der Waals surface area (Å²) in [6, 6.07) is 9.90. The first-order valence-electron chi connectivity index (χ1n) is 6.55. The fourth-order valence-corrected chi connectivity index (χ4v) is 2.41. The van der Waals surface area contributed by atoms with Crippen molar-refractivity contribution in [1.82, 2.24) is 4.90 Å². The zero-order valence-corrected chi connectivity index (χ0v) is 13.1. The number of esters is 1. The van der Waals surface area contributed by atoms with Gasteiger partial charge in [0.1, 0.15) is 0 Å². The van der Waals surface area contributed by atoms with E-state index in [0.29, 0.717) is 4.88 Å². The number of carbonyl (C=O) groups excluding carboxylic acids is 3. The predicted octanol–water partition coefficient (Wildman–Crippen LogP) is 2.22. The molecule has 0 N–H and O–H groups in total. The lowest BCUT2D eigenvalue weighted by Gasteiger charge is -2.11. The average molecular weight is 317 g/mol. The predicted molar refractivity (Wildman–Crippen MR) is 83.2 cm³/mol. The monoisotopic (exact) mass is 317 g/mol. The van der Waals surface area contributed by atoms with Gasteiger partial charge < -0.3 is 9.64 Å². The van der Waals surface area contributed by atoms with Gasteiger partial charge in [-0.3, -0.25) is 9.59 Å². The lowest BCUT2D eigenvalue weighted by Crippen LogP contribution is -2.27. The Balaban J connectivity index is 2.19. The highest BCUT2D eigenvalue weighted by molar-refractivity contribution is 7.12. The first-order chi connectivity index (χ1) is 10.5. The van der Waals surface area contributed by atoms with Gasteiger partial charge in [-0.1, -0.05) is 24.3 Å². The molecule has 114 valence electrons. The number of likely N-dealkylation sites (N-methyl/N-ethyl adjacent to an activating group) is 1. The van der Waals surface area contributed by atoms with E-state index in [-0.39, 0.29) is 29.4 Å². The third-order valence-corrected chi connectivity index (χ3v) is 3.83. The minimum atomic E-state index is -0.685. The van der Waals surface area contributed by atoms with Gasteiger partial charge in [0, 0.05) is 19.7 Å². The molecule has 0 spiro atoms. The van der Waals surface area contributed by atoms with Gasteiger partial charge >= 0.3 is 5.97 Å². The van der Waals surface area contributed by atoms with Crippen LogP contribution in [0.2, 0.25) is 0 Å². The Bertz CT molecular complexity index is 692. The Morgan fingerprint density at radius 1 is 1.05 bits per heavy atom. The summed E-state index contributed by atoms with van der Waals surface area (Å²) in [4.78, 5) is 37.9. The van der Waals surface area contributed by atoms with E-state index in [4.69, 9.17) is 4.74 Å². The quantitative estimate of drug-likeness (QED) is 0.626. The molecule has 2 rings (SSSR count). The van der Waals surface area contributed by atoms with E-state index in [1.807, 2.05) is 0 Å². The van der Waals surface area contributed by atoms with Crippen LogP contribution in [0.5, 0.6) is 0 Å². The van der Waals surface area contributed by atoms with Crippen LogP contribution in [-0.4, -0.2) is 43.3 Å². The zero-order valence-electron chi connectivity index (χ0n) is 12.2. The second-order valence-electron chi connectivity index (χ2n) is 4.72. The third kappa shape index (κ3) is 3.59. The molecule has 0 aliphatic heterocycles. The van der Waals surface area contributed by atoms with Gasteiger partial charge in [0.15, 0.2) is 6.61 Å². The molecule has 1 heterocycles. The molecule has 0 unspecified atom stereocenters. The van der Waals surface area contributed by atoms with Crippen molar-refractivity contribution in [2.45, 2.75) is 0 Å². The fourth-order valence-electron chi connectivity index (χ4n) is 1.73. The number of benzene rings is 1. The van der Waals surface area contributed by atoms with Crippen molar-refractivity contribution in [3.05, 3.63) is 57.8 Å².